The third kappa shape index (κ3) is 3.91. The molecule has 1 heterocycles. The van der Waals surface area contributed by atoms with Crippen molar-refractivity contribution in [3.05, 3.63) is 36.1 Å². The molecule has 0 aromatic rings. The molecule has 0 amide bonds. The standard InChI is InChI=1S/C13H19BN2O4/c1-4-7-10(12(17)19-5-2)11(13(18)20-6-3)14-15-8-9-16-14/h4,8-9,15-16H,1,5-7H2,2-3H3/b11-10+. The van der Waals surface area contributed by atoms with Crippen LogP contribution < -0.4 is 10.5 Å². The Labute approximate surface area is 119 Å². The summed E-state index contributed by atoms with van der Waals surface area (Å²) in [5.74, 6) is -1.09. The number of carbonyl (C=O) groups is 2. The first-order chi connectivity index (χ1) is 9.65. The Hall–Kier alpha value is -2.18. The van der Waals surface area contributed by atoms with Gasteiger partial charge in [-0.05, 0) is 20.3 Å². The van der Waals surface area contributed by atoms with Gasteiger partial charge in [-0.1, -0.05) is 6.08 Å². The van der Waals surface area contributed by atoms with Crippen molar-refractivity contribution in [1.29, 1.82) is 0 Å². The quantitative estimate of drug-likeness (QED) is 0.308. The third-order valence-corrected chi connectivity index (χ3v) is 2.59. The summed E-state index contributed by atoms with van der Waals surface area (Å²) in [4.78, 5) is 24.2. The monoisotopic (exact) mass is 278 g/mol. The molecule has 6 nitrogen and oxygen atoms in total. The van der Waals surface area contributed by atoms with Crippen LogP contribution in [-0.2, 0) is 19.1 Å². The molecule has 0 aromatic heterocycles. The van der Waals surface area contributed by atoms with E-state index in [1.807, 2.05) is 0 Å². The summed E-state index contributed by atoms with van der Waals surface area (Å²) in [6.45, 7) is 6.98. The summed E-state index contributed by atoms with van der Waals surface area (Å²) in [6, 6.07) is 0. The van der Waals surface area contributed by atoms with Crippen molar-refractivity contribution in [3.8, 4) is 0 Å². The lowest BCUT2D eigenvalue weighted by Crippen LogP contribution is -2.44. The molecule has 0 bridgehead atoms. The summed E-state index contributed by atoms with van der Waals surface area (Å²) in [5.41, 5.74) is 0.462. The first-order valence-corrected chi connectivity index (χ1v) is 6.50. The van der Waals surface area contributed by atoms with E-state index in [-0.39, 0.29) is 30.7 Å². The van der Waals surface area contributed by atoms with Gasteiger partial charge in [-0.3, -0.25) is 0 Å². The first kappa shape index (κ1) is 15.9. The topological polar surface area (TPSA) is 76.7 Å². The van der Waals surface area contributed by atoms with Gasteiger partial charge < -0.3 is 19.9 Å². The molecule has 0 aromatic carbocycles. The van der Waals surface area contributed by atoms with Crippen LogP contribution in [0.2, 0.25) is 0 Å². The average molecular weight is 278 g/mol. The second-order valence-corrected chi connectivity index (χ2v) is 3.93. The molecular formula is C13H19BN2O4. The highest BCUT2D eigenvalue weighted by Crippen LogP contribution is 2.16. The van der Waals surface area contributed by atoms with Crippen LogP contribution in [0, 0.1) is 0 Å². The lowest BCUT2D eigenvalue weighted by atomic mass is 9.66. The van der Waals surface area contributed by atoms with Crippen molar-refractivity contribution in [3.63, 3.8) is 0 Å². The van der Waals surface area contributed by atoms with E-state index in [9.17, 15) is 9.59 Å². The normalized spacial score (nSPS) is 14.0. The fourth-order valence-corrected chi connectivity index (χ4v) is 1.79. The van der Waals surface area contributed by atoms with Crippen molar-refractivity contribution in [2.75, 3.05) is 13.2 Å². The Morgan fingerprint density at radius 1 is 1.15 bits per heavy atom. The smallest absolute Gasteiger partial charge is 0.413 e. The Bertz CT molecular complexity index is 438. The van der Waals surface area contributed by atoms with Crippen LogP contribution in [0.4, 0.5) is 0 Å². The van der Waals surface area contributed by atoms with E-state index in [1.165, 1.54) is 0 Å². The van der Waals surface area contributed by atoms with Crippen molar-refractivity contribution in [2.24, 2.45) is 0 Å². The number of esters is 2. The van der Waals surface area contributed by atoms with Gasteiger partial charge in [0.25, 0.3) is 0 Å². The highest BCUT2D eigenvalue weighted by Gasteiger charge is 2.34. The Morgan fingerprint density at radius 2 is 1.70 bits per heavy atom. The molecule has 1 aliphatic heterocycles. The molecule has 0 saturated carbocycles. The van der Waals surface area contributed by atoms with Gasteiger partial charge in [0.2, 0.25) is 0 Å². The molecule has 0 atom stereocenters. The van der Waals surface area contributed by atoms with Crippen LogP contribution in [0.3, 0.4) is 0 Å². The number of hydrogen-bond donors (Lipinski definition) is 2. The molecular weight excluding hydrogens is 259 g/mol. The Kier molecular flexibility index (Phi) is 6.42. The summed E-state index contributed by atoms with van der Waals surface area (Å²) in [6.07, 6.45) is 5.09. The second-order valence-electron chi connectivity index (χ2n) is 3.93. The summed E-state index contributed by atoms with van der Waals surface area (Å²) < 4.78 is 10.0. The largest absolute Gasteiger partial charge is 0.463 e. The van der Waals surface area contributed by atoms with E-state index in [0.29, 0.717) is 0 Å². The molecule has 0 fully saturated rings. The maximum Gasteiger partial charge on any atom is 0.413 e. The molecule has 0 radical (unpaired) electrons. The van der Waals surface area contributed by atoms with E-state index in [4.69, 9.17) is 9.47 Å². The number of rotatable bonds is 7. The lowest BCUT2D eigenvalue weighted by molar-refractivity contribution is -0.141. The minimum atomic E-state index is -0.550. The molecule has 20 heavy (non-hydrogen) atoms. The maximum absolute atomic E-state index is 12.1. The highest BCUT2D eigenvalue weighted by molar-refractivity contribution is 6.69. The number of nitrogens with one attached hydrogen (secondary N) is 2. The van der Waals surface area contributed by atoms with Crippen LogP contribution in [-0.4, -0.2) is 32.1 Å². The molecule has 108 valence electrons. The van der Waals surface area contributed by atoms with E-state index in [2.05, 4.69) is 17.0 Å². The van der Waals surface area contributed by atoms with Crippen LogP contribution in [0.1, 0.15) is 20.3 Å². The zero-order valence-electron chi connectivity index (χ0n) is 11.8. The first-order valence-electron chi connectivity index (χ1n) is 6.50. The van der Waals surface area contributed by atoms with Gasteiger partial charge >= 0.3 is 18.9 Å². The molecule has 0 spiro atoms. The molecule has 1 aliphatic rings. The van der Waals surface area contributed by atoms with Crippen LogP contribution in [0.15, 0.2) is 36.1 Å². The molecule has 0 aliphatic carbocycles. The number of hydrogen-bond acceptors (Lipinski definition) is 6. The fourth-order valence-electron chi connectivity index (χ4n) is 1.79. The predicted molar refractivity (Wildman–Crippen MR) is 76.3 cm³/mol. The lowest BCUT2D eigenvalue weighted by Gasteiger charge is -2.16. The second kappa shape index (κ2) is 8.09. The minimum Gasteiger partial charge on any atom is -0.463 e. The summed E-state index contributed by atoms with van der Waals surface area (Å²) in [5, 5.41) is 5.88. The van der Waals surface area contributed by atoms with Crippen molar-refractivity contribution >= 4 is 18.9 Å². The van der Waals surface area contributed by atoms with E-state index in [1.54, 1.807) is 32.3 Å². The van der Waals surface area contributed by atoms with Gasteiger partial charge in [0.1, 0.15) is 0 Å². The maximum atomic E-state index is 12.1. The van der Waals surface area contributed by atoms with Crippen LogP contribution >= 0.6 is 0 Å². The Morgan fingerprint density at radius 3 is 2.20 bits per heavy atom. The fraction of sp³-hybridized carbons (Fsp3) is 0.385. The molecule has 1 rings (SSSR count). The van der Waals surface area contributed by atoms with Crippen molar-refractivity contribution in [2.45, 2.75) is 20.3 Å². The highest BCUT2D eigenvalue weighted by atomic mass is 16.5. The zero-order chi connectivity index (χ0) is 15.0. The van der Waals surface area contributed by atoms with E-state index < -0.39 is 18.9 Å². The van der Waals surface area contributed by atoms with Gasteiger partial charge in [0, 0.05) is 18.0 Å². The van der Waals surface area contributed by atoms with Crippen molar-refractivity contribution < 1.29 is 19.1 Å². The molecule has 7 heteroatoms. The zero-order valence-corrected chi connectivity index (χ0v) is 11.8. The Balaban J connectivity index is 3.17. The van der Waals surface area contributed by atoms with E-state index >= 15 is 0 Å². The van der Waals surface area contributed by atoms with Gasteiger partial charge in [-0.25, -0.2) is 9.59 Å². The third-order valence-electron chi connectivity index (χ3n) is 2.59. The number of carbonyl (C=O) groups excluding carboxylic acids is 2. The summed E-state index contributed by atoms with van der Waals surface area (Å²) >= 11 is 0. The van der Waals surface area contributed by atoms with Crippen LogP contribution in [0.5, 0.6) is 0 Å². The SMILES string of the molecule is C=CC/C(C(=O)OCC)=C(\B1NC=CN1)C(=O)OCC. The predicted octanol–water partition coefficient (Wildman–Crippen LogP) is 0.677. The minimum absolute atomic E-state index is 0.218. The van der Waals surface area contributed by atoms with Crippen molar-refractivity contribution in [1.82, 2.24) is 10.5 Å². The van der Waals surface area contributed by atoms with Gasteiger partial charge in [0.05, 0.1) is 18.7 Å². The average Bonchev–Trinajstić information content (AvgIpc) is 2.92. The number of allylic oxidation sites excluding steroid dienone is 1. The molecule has 0 unspecified atom stereocenters. The van der Waals surface area contributed by atoms with Gasteiger partial charge in [-0.15, -0.1) is 6.58 Å². The van der Waals surface area contributed by atoms with E-state index in [0.717, 1.165) is 0 Å². The van der Waals surface area contributed by atoms with Gasteiger partial charge in [0.15, 0.2) is 0 Å². The number of ether oxygens (including phenoxy) is 2. The van der Waals surface area contributed by atoms with Crippen LogP contribution in [0.25, 0.3) is 0 Å². The molecule has 2 N–H and O–H groups in total. The van der Waals surface area contributed by atoms with Gasteiger partial charge in [-0.2, -0.15) is 0 Å². The molecule has 0 saturated heterocycles. The summed E-state index contributed by atoms with van der Waals surface area (Å²) in [7, 11) is 0.